The fraction of sp³-hybridized carbons (Fsp3) is 0.231. The molecule has 4 heteroatoms. The number of likely N-dealkylation sites (N-methyl/N-ethyl adjacent to an activating group) is 1. The summed E-state index contributed by atoms with van der Waals surface area (Å²) in [5.74, 6) is 0.968. The van der Waals surface area contributed by atoms with Crippen LogP contribution >= 0.6 is 0 Å². The normalized spacial score (nSPS) is 14.4. The first kappa shape index (κ1) is 10.1. The summed E-state index contributed by atoms with van der Waals surface area (Å²) in [7, 11) is 0. The summed E-state index contributed by atoms with van der Waals surface area (Å²) < 4.78 is 1.83. The van der Waals surface area contributed by atoms with E-state index in [2.05, 4.69) is 34.0 Å². The third kappa shape index (κ3) is 1.71. The van der Waals surface area contributed by atoms with Crippen LogP contribution in [0.1, 0.15) is 6.92 Å². The first-order valence-electron chi connectivity index (χ1n) is 5.80. The molecule has 1 aliphatic heterocycles. The Kier molecular flexibility index (Phi) is 2.40. The fourth-order valence-electron chi connectivity index (χ4n) is 2.08. The van der Waals surface area contributed by atoms with Crippen molar-refractivity contribution < 1.29 is 0 Å². The summed E-state index contributed by atoms with van der Waals surface area (Å²) in [6, 6.07) is 10.1. The Balaban J connectivity index is 2.08. The Labute approximate surface area is 100 Å². The van der Waals surface area contributed by atoms with Crippen LogP contribution in [-0.2, 0) is 0 Å². The van der Waals surface area contributed by atoms with Crippen molar-refractivity contribution in [1.29, 1.82) is 0 Å². The van der Waals surface area contributed by atoms with Crippen LogP contribution in [-0.4, -0.2) is 28.7 Å². The standard InChI is InChI=1S/C13H14N4/c1-2-16-10-13(17-9-5-8-14-17)15-11-6-3-4-7-12(11)16/h3-9H,2,10H2,1H3. The van der Waals surface area contributed by atoms with Crippen molar-refractivity contribution in [2.75, 3.05) is 18.0 Å². The zero-order chi connectivity index (χ0) is 11.7. The maximum Gasteiger partial charge on any atom is 0.149 e. The molecule has 86 valence electrons. The van der Waals surface area contributed by atoms with Gasteiger partial charge in [0.15, 0.2) is 0 Å². The van der Waals surface area contributed by atoms with Crippen LogP contribution < -0.4 is 4.90 Å². The van der Waals surface area contributed by atoms with Gasteiger partial charge in [0.05, 0.1) is 17.9 Å². The van der Waals surface area contributed by atoms with Gasteiger partial charge in [-0.05, 0) is 25.1 Å². The van der Waals surface area contributed by atoms with Crippen molar-refractivity contribution in [2.45, 2.75) is 6.92 Å². The third-order valence-electron chi connectivity index (χ3n) is 2.95. The summed E-state index contributed by atoms with van der Waals surface area (Å²) in [4.78, 5) is 6.97. The van der Waals surface area contributed by atoms with E-state index >= 15 is 0 Å². The fourth-order valence-corrected chi connectivity index (χ4v) is 2.08. The molecule has 0 N–H and O–H groups in total. The average Bonchev–Trinajstić information content (AvgIpc) is 2.91. The molecular formula is C13H14N4. The average molecular weight is 226 g/mol. The van der Waals surface area contributed by atoms with Crippen LogP contribution in [0.4, 0.5) is 11.4 Å². The van der Waals surface area contributed by atoms with E-state index in [0.29, 0.717) is 0 Å². The van der Waals surface area contributed by atoms with Gasteiger partial charge in [-0.1, -0.05) is 12.1 Å². The number of aliphatic imine (C=N–C) groups is 1. The number of nitrogens with zero attached hydrogens (tertiary/aromatic N) is 4. The highest BCUT2D eigenvalue weighted by atomic mass is 15.3. The molecule has 1 aliphatic rings. The van der Waals surface area contributed by atoms with Crippen molar-refractivity contribution in [3.05, 3.63) is 42.7 Å². The zero-order valence-corrected chi connectivity index (χ0v) is 9.74. The molecule has 1 aromatic heterocycles. The quantitative estimate of drug-likeness (QED) is 0.747. The lowest BCUT2D eigenvalue weighted by Gasteiger charge is -2.28. The minimum absolute atomic E-state index is 0.801. The lowest BCUT2D eigenvalue weighted by Crippen LogP contribution is -2.35. The van der Waals surface area contributed by atoms with Gasteiger partial charge in [0.2, 0.25) is 0 Å². The van der Waals surface area contributed by atoms with Gasteiger partial charge in [-0.25, -0.2) is 9.67 Å². The SMILES string of the molecule is CCN1CC(n2cccn2)=Nc2ccccc21. The molecule has 0 saturated carbocycles. The highest BCUT2D eigenvalue weighted by molar-refractivity contribution is 5.95. The molecule has 0 radical (unpaired) electrons. The summed E-state index contributed by atoms with van der Waals surface area (Å²) in [6.07, 6.45) is 3.71. The second-order valence-electron chi connectivity index (χ2n) is 3.98. The molecule has 1 aromatic carbocycles. The van der Waals surface area contributed by atoms with Crippen LogP contribution in [0.15, 0.2) is 47.7 Å². The first-order valence-corrected chi connectivity index (χ1v) is 5.80. The number of hydrogen-bond acceptors (Lipinski definition) is 3. The Morgan fingerprint density at radius 2 is 2.12 bits per heavy atom. The van der Waals surface area contributed by atoms with E-state index in [4.69, 9.17) is 0 Å². The Hall–Kier alpha value is -2.10. The topological polar surface area (TPSA) is 33.4 Å². The molecule has 2 aromatic rings. The molecule has 3 rings (SSSR count). The second kappa shape index (κ2) is 4.05. The van der Waals surface area contributed by atoms with Gasteiger partial charge in [0, 0.05) is 18.9 Å². The molecule has 0 unspecified atom stereocenters. The van der Waals surface area contributed by atoms with Crippen molar-refractivity contribution >= 4 is 17.2 Å². The predicted octanol–water partition coefficient (Wildman–Crippen LogP) is 2.30. The molecule has 0 fully saturated rings. The molecule has 2 heterocycles. The van der Waals surface area contributed by atoms with Crippen LogP contribution in [0.5, 0.6) is 0 Å². The van der Waals surface area contributed by atoms with Crippen LogP contribution in [0.3, 0.4) is 0 Å². The number of para-hydroxylation sites is 2. The lowest BCUT2D eigenvalue weighted by molar-refractivity contribution is 0.846. The van der Waals surface area contributed by atoms with E-state index in [0.717, 1.165) is 24.6 Å². The Morgan fingerprint density at radius 1 is 1.24 bits per heavy atom. The van der Waals surface area contributed by atoms with Crippen LogP contribution in [0.2, 0.25) is 0 Å². The molecule has 0 atom stereocenters. The third-order valence-corrected chi connectivity index (χ3v) is 2.95. The van der Waals surface area contributed by atoms with E-state index < -0.39 is 0 Å². The molecule has 0 bridgehead atoms. The number of fused-ring (bicyclic) bond motifs is 1. The number of benzene rings is 1. The summed E-state index contributed by atoms with van der Waals surface area (Å²) in [6.45, 7) is 3.93. The van der Waals surface area contributed by atoms with Crippen molar-refractivity contribution in [1.82, 2.24) is 9.78 Å². The van der Waals surface area contributed by atoms with Gasteiger partial charge in [0.25, 0.3) is 0 Å². The molecular weight excluding hydrogens is 212 g/mol. The first-order chi connectivity index (χ1) is 8.38. The van der Waals surface area contributed by atoms with E-state index in [1.807, 2.05) is 29.1 Å². The molecule has 0 aliphatic carbocycles. The summed E-state index contributed by atoms with van der Waals surface area (Å²) in [5.41, 5.74) is 2.22. The smallest absolute Gasteiger partial charge is 0.149 e. The van der Waals surface area contributed by atoms with Crippen molar-refractivity contribution in [3.8, 4) is 0 Å². The number of hydrogen-bond donors (Lipinski definition) is 0. The number of aromatic nitrogens is 2. The highest BCUT2D eigenvalue weighted by Crippen LogP contribution is 2.31. The largest absolute Gasteiger partial charge is 0.363 e. The van der Waals surface area contributed by atoms with E-state index in [9.17, 15) is 0 Å². The number of anilines is 1. The molecule has 17 heavy (non-hydrogen) atoms. The van der Waals surface area contributed by atoms with Gasteiger partial charge in [-0.3, -0.25) is 0 Å². The second-order valence-corrected chi connectivity index (χ2v) is 3.98. The number of rotatable bonds is 1. The van der Waals surface area contributed by atoms with E-state index in [1.54, 1.807) is 6.20 Å². The van der Waals surface area contributed by atoms with E-state index in [-0.39, 0.29) is 0 Å². The lowest BCUT2D eigenvalue weighted by atomic mass is 10.2. The minimum atomic E-state index is 0.801. The summed E-state index contributed by atoms with van der Waals surface area (Å²) >= 11 is 0. The maximum absolute atomic E-state index is 4.66. The monoisotopic (exact) mass is 226 g/mol. The van der Waals surface area contributed by atoms with Crippen molar-refractivity contribution in [2.24, 2.45) is 4.99 Å². The summed E-state index contributed by atoms with van der Waals surface area (Å²) in [5, 5.41) is 4.24. The van der Waals surface area contributed by atoms with E-state index in [1.165, 1.54) is 5.69 Å². The molecule has 0 saturated heterocycles. The van der Waals surface area contributed by atoms with Gasteiger partial charge in [-0.15, -0.1) is 0 Å². The van der Waals surface area contributed by atoms with Gasteiger partial charge in [0.1, 0.15) is 5.84 Å². The predicted molar refractivity (Wildman–Crippen MR) is 69.0 cm³/mol. The minimum Gasteiger partial charge on any atom is -0.363 e. The van der Waals surface area contributed by atoms with Crippen LogP contribution in [0, 0.1) is 0 Å². The Morgan fingerprint density at radius 3 is 2.88 bits per heavy atom. The van der Waals surface area contributed by atoms with Crippen LogP contribution in [0.25, 0.3) is 0 Å². The maximum atomic E-state index is 4.66. The highest BCUT2D eigenvalue weighted by Gasteiger charge is 2.18. The van der Waals surface area contributed by atoms with Crippen molar-refractivity contribution in [3.63, 3.8) is 0 Å². The van der Waals surface area contributed by atoms with Gasteiger partial charge < -0.3 is 4.90 Å². The molecule has 0 spiro atoms. The zero-order valence-electron chi connectivity index (χ0n) is 9.74. The van der Waals surface area contributed by atoms with Gasteiger partial charge >= 0.3 is 0 Å². The molecule has 4 nitrogen and oxygen atoms in total. The van der Waals surface area contributed by atoms with Gasteiger partial charge in [-0.2, -0.15) is 5.10 Å². The molecule has 0 amide bonds. The Bertz CT molecular complexity index is 542.